The smallest absolute Gasteiger partial charge is 0.242 e. The fourth-order valence-corrected chi connectivity index (χ4v) is 3.73. The molecule has 2 aromatic rings. The van der Waals surface area contributed by atoms with Gasteiger partial charge in [0.25, 0.3) is 0 Å². The Morgan fingerprint density at radius 1 is 1.00 bits per heavy atom. The Hall–Kier alpha value is -0.980. The number of rotatable bonds is 5. The number of benzene rings is 2. The van der Waals surface area contributed by atoms with E-state index in [9.17, 15) is 8.42 Å². The molecule has 22 heavy (non-hydrogen) atoms. The maximum absolute atomic E-state index is 12.3. The van der Waals surface area contributed by atoms with Gasteiger partial charge in [-0.1, -0.05) is 46.9 Å². The van der Waals surface area contributed by atoms with Gasteiger partial charge in [-0.15, -0.1) is 0 Å². The van der Waals surface area contributed by atoms with Crippen molar-refractivity contribution in [2.75, 3.05) is 7.11 Å². The molecule has 0 aromatic heterocycles. The Labute approximate surface area is 144 Å². The molecule has 0 atom stereocenters. The third-order valence-corrected chi connectivity index (χ3v) is 5.48. The lowest BCUT2D eigenvalue weighted by molar-refractivity contribution is 0.414. The zero-order valence-corrected chi connectivity index (χ0v) is 14.5. The first-order chi connectivity index (χ1) is 10.3. The predicted molar refractivity (Wildman–Crippen MR) is 88.5 cm³/mol. The van der Waals surface area contributed by atoms with Crippen LogP contribution in [0.5, 0.6) is 5.75 Å². The van der Waals surface area contributed by atoms with Crippen LogP contribution in [-0.2, 0) is 16.6 Å². The van der Waals surface area contributed by atoms with E-state index in [4.69, 9.17) is 39.5 Å². The summed E-state index contributed by atoms with van der Waals surface area (Å²) in [5, 5.41) is 0.327. The van der Waals surface area contributed by atoms with E-state index in [1.54, 1.807) is 31.4 Å². The van der Waals surface area contributed by atoms with Crippen LogP contribution in [0.25, 0.3) is 0 Å². The van der Waals surface area contributed by atoms with Crippen molar-refractivity contribution >= 4 is 44.8 Å². The molecule has 0 saturated carbocycles. The average molecular weight is 381 g/mol. The second kappa shape index (κ2) is 7.06. The molecule has 1 N–H and O–H groups in total. The summed E-state index contributed by atoms with van der Waals surface area (Å²) < 4.78 is 32.1. The highest BCUT2D eigenvalue weighted by atomic mass is 35.5. The predicted octanol–water partition coefficient (Wildman–Crippen LogP) is 4.13. The van der Waals surface area contributed by atoms with Crippen molar-refractivity contribution in [3.05, 3.63) is 57.0 Å². The second-order valence-electron chi connectivity index (χ2n) is 4.37. The molecule has 0 radical (unpaired) electrons. The zero-order valence-electron chi connectivity index (χ0n) is 11.4. The highest BCUT2D eigenvalue weighted by Crippen LogP contribution is 2.31. The van der Waals surface area contributed by atoms with Crippen molar-refractivity contribution in [2.24, 2.45) is 0 Å². The number of nitrogens with one attached hydrogen (secondary N) is 1. The van der Waals surface area contributed by atoms with Gasteiger partial charge in [0, 0.05) is 6.54 Å². The van der Waals surface area contributed by atoms with Crippen molar-refractivity contribution in [1.29, 1.82) is 0 Å². The molecule has 4 nitrogen and oxygen atoms in total. The van der Waals surface area contributed by atoms with E-state index in [0.717, 1.165) is 5.56 Å². The van der Waals surface area contributed by atoms with Gasteiger partial charge >= 0.3 is 0 Å². The van der Waals surface area contributed by atoms with E-state index in [1.807, 2.05) is 0 Å². The summed E-state index contributed by atoms with van der Waals surface area (Å²) in [7, 11) is -2.24. The summed E-state index contributed by atoms with van der Waals surface area (Å²) in [4.78, 5) is -0.114. The minimum absolute atomic E-state index is 0.0108. The molecule has 0 aliphatic carbocycles. The molecule has 0 amide bonds. The van der Waals surface area contributed by atoms with Crippen LogP contribution >= 0.6 is 34.8 Å². The number of sulfonamides is 1. The highest BCUT2D eigenvalue weighted by Gasteiger charge is 2.19. The summed E-state index contributed by atoms with van der Waals surface area (Å²) in [6.07, 6.45) is 0. The van der Waals surface area contributed by atoms with Gasteiger partial charge in [-0.25, -0.2) is 13.1 Å². The van der Waals surface area contributed by atoms with Crippen molar-refractivity contribution in [3.8, 4) is 5.75 Å². The number of ether oxygens (including phenoxy) is 1. The number of methoxy groups -OCH3 is 1. The quantitative estimate of drug-likeness (QED) is 0.793. The van der Waals surface area contributed by atoms with Crippen LogP contribution in [0.1, 0.15) is 5.56 Å². The fourth-order valence-electron chi connectivity index (χ4n) is 1.71. The van der Waals surface area contributed by atoms with E-state index in [-0.39, 0.29) is 26.5 Å². The first kappa shape index (κ1) is 17.4. The molecular weight excluding hydrogens is 369 g/mol. The van der Waals surface area contributed by atoms with Gasteiger partial charge in [0.05, 0.1) is 22.2 Å². The highest BCUT2D eigenvalue weighted by molar-refractivity contribution is 7.89. The van der Waals surface area contributed by atoms with Gasteiger partial charge in [0.15, 0.2) is 0 Å². The van der Waals surface area contributed by atoms with Gasteiger partial charge in [-0.2, -0.15) is 0 Å². The molecule has 0 spiro atoms. The van der Waals surface area contributed by atoms with Crippen LogP contribution in [0.4, 0.5) is 0 Å². The molecule has 0 saturated heterocycles. The SMILES string of the molecule is COc1ccc(CNS(=O)(=O)c2cc(Cl)c(Cl)cc2Cl)cc1. The topological polar surface area (TPSA) is 55.4 Å². The third kappa shape index (κ3) is 4.06. The Bertz CT molecular complexity index is 777. The molecule has 0 aliphatic heterocycles. The lowest BCUT2D eigenvalue weighted by atomic mass is 10.2. The minimum atomic E-state index is -3.80. The largest absolute Gasteiger partial charge is 0.497 e. The maximum Gasteiger partial charge on any atom is 0.242 e. The molecule has 0 unspecified atom stereocenters. The summed E-state index contributed by atoms with van der Waals surface area (Å²) in [6.45, 7) is 0.114. The summed E-state index contributed by atoms with van der Waals surface area (Å²) in [5.74, 6) is 0.694. The Balaban J connectivity index is 2.19. The standard InChI is InChI=1S/C14H12Cl3NO3S/c1-21-10-4-2-9(3-5-10)8-18-22(19,20)14-7-12(16)11(15)6-13(14)17/h2-7,18H,8H2,1H3. The third-order valence-electron chi connectivity index (χ3n) is 2.89. The van der Waals surface area contributed by atoms with Gasteiger partial charge in [-0.05, 0) is 29.8 Å². The van der Waals surface area contributed by atoms with Gasteiger partial charge in [0.1, 0.15) is 10.6 Å². The molecule has 2 rings (SSSR count). The first-order valence-electron chi connectivity index (χ1n) is 6.10. The van der Waals surface area contributed by atoms with E-state index in [2.05, 4.69) is 4.72 Å². The number of hydrogen-bond acceptors (Lipinski definition) is 3. The van der Waals surface area contributed by atoms with Gasteiger partial charge in [0.2, 0.25) is 10.0 Å². The monoisotopic (exact) mass is 379 g/mol. The molecule has 2 aromatic carbocycles. The van der Waals surface area contributed by atoms with Gasteiger partial charge < -0.3 is 4.74 Å². The lowest BCUT2D eigenvalue weighted by Gasteiger charge is -2.10. The van der Waals surface area contributed by atoms with Crippen LogP contribution in [0.2, 0.25) is 15.1 Å². The maximum atomic E-state index is 12.3. The Morgan fingerprint density at radius 3 is 2.18 bits per heavy atom. The van der Waals surface area contributed by atoms with Gasteiger partial charge in [-0.3, -0.25) is 0 Å². The van der Waals surface area contributed by atoms with E-state index in [1.165, 1.54) is 12.1 Å². The Kier molecular flexibility index (Phi) is 5.58. The van der Waals surface area contributed by atoms with Crippen molar-refractivity contribution in [2.45, 2.75) is 11.4 Å². The second-order valence-corrected chi connectivity index (χ2v) is 7.33. The molecular formula is C14H12Cl3NO3S. The van der Waals surface area contributed by atoms with Crippen molar-refractivity contribution in [1.82, 2.24) is 4.72 Å². The van der Waals surface area contributed by atoms with Crippen LogP contribution in [0, 0.1) is 0 Å². The zero-order chi connectivity index (χ0) is 16.3. The van der Waals surface area contributed by atoms with Crippen LogP contribution in [0.15, 0.2) is 41.3 Å². The van der Waals surface area contributed by atoms with Crippen molar-refractivity contribution < 1.29 is 13.2 Å². The number of halogens is 3. The molecule has 0 heterocycles. The normalized spacial score (nSPS) is 11.5. The minimum Gasteiger partial charge on any atom is -0.497 e. The van der Waals surface area contributed by atoms with Crippen molar-refractivity contribution in [3.63, 3.8) is 0 Å². The fraction of sp³-hybridized carbons (Fsp3) is 0.143. The number of hydrogen-bond donors (Lipinski definition) is 1. The molecule has 0 fully saturated rings. The first-order valence-corrected chi connectivity index (χ1v) is 8.72. The molecule has 0 aliphatic rings. The Morgan fingerprint density at radius 2 is 1.59 bits per heavy atom. The van der Waals surface area contributed by atoms with Crippen LogP contribution < -0.4 is 9.46 Å². The molecule has 118 valence electrons. The summed E-state index contributed by atoms with van der Waals surface area (Å²) >= 11 is 17.6. The summed E-state index contributed by atoms with van der Waals surface area (Å²) in [5.41, 5.74) is 0.778. The molecule has 8 heteroatoms. The van der Waals surface area contributed by atoms with Crippen LogP contribution in [0.3, 0.4) is 0 Å². The van der Waals surface area contributed by atoms with E-state index in [0.29, 0.717) is 5.75 Å². The van der Waals surface area contributed by atoms with Crippen LogP contribution in [-0.4, -0.2) is 15.5 Å². The van der Waals surface area contributed by atoms with E-state index < -0.39 is 10.0 Å². The van der Waals surface area contributed by atoms with E-state index >= 15 is 0 Å². The summed E-state index contributed by atoms with van der Waals surface area (Å²) in [6, 6.07) is 9.54. The lowest BCUT2D eigenvalue weighted by Crippen LogP contribution is -2.23. The molecule has 0 bridgehead atoms. The average Bonchev–Trinajstić information content (AvgIpc) is 2.49.